The highest BCUT2D eigenvalue weighted by molar-refractivity contribution is 6.39. The Morgan fingerprint density at radius 2 is 1.97 bits per heavy atom. The van der Waals surface area contributed by atoms with Gasteiger partial charge in [-0.3, -0.25) is 24.5 Å². The van der Waals surface area contributed by atoms with E-state index in [0.29, 0.717) is 27.7 Å². The molecule has 4 amide bonds. The Morgan fingerprint density at radius 1 is 1.16 bits per heavy atom. The number of anilines is 1. The molecule has 2 aliphatic heterocycles. The van der Waals surface area contributed by atoms with Crippen molar-refractivity contribution in [3.63, 3.8) is 0 Å². The van der Waals surface area contributed by atoms with Crippen LogP contribution in [-0.4, -0.2) is 39.6 Å². The van der Waals surface area contributed by atoms with E-state index >= 15 is 0 Å². The first-order chi connectivity index (χ1) is 15.3. The van der Waals surface area contributed by atoms with E-state index in [1.54, 1.807) is 18.2 Å². The van der Waals surface area contributed by atoms with Gasteiger partial charge in [-0.2, -0.15) is 0 Å². The number of H-pyrrole nitrogens is 1. The number of imide groups is 1. The van der Waals surface area contributed by atoms with E-state index in [-0.39, 0.29) is 41.9 Å². The lowest BCUT2D eigenvalue weighted by Crippen LogP contribution is -2.52. The van der Waals surface area contributed by atoms with E-state index in [9.17, 15) is 23.6 Å². The van der Waals surface area contributed by atoms with Gasteiger partial charge in [0.1, 0.15) is 17.6 Å². The van der Waals surface area contributed by atoms with Gasteiger partial charge in [0.2, 0.25) is 11.8 Å². The molecule has 2 aliphatic rings. The molecule has 1 fully saturated rings. The van der Waals surface area contributed by atoms with E-state index in [1.165, 1.54) is 23.1 Å². The number of carbonyl (C=O) groups is 4. The lowest BCUT2D eigenvalue weighted by molar-refractivity contribution is -0.136. The third kappa shape index (κ3) is 3.31. The second kappa shape index (κ2) is 7.45. The first kappa shape index (κ1) is 20.2. The normalized spacial score (nSPS) is 18.1. The minimum absolute atomic E-state index is 0.0917. The average molecular weight is 455 g/mol. The van der Waals surface area contributed by atoms with Crippen LogP contribution in [0.3, 0.4) is 0 Å². The number of piperidine rings is 1. The number of hydrogen-bond donors (Lipinski definition) is 3. The first-order valence-corrected chi connectivity index (χ1v) is 10.3. The third-order valence-electron chi connectivity index (χ3n) is 5.71. The quantitative estimate of drug-likeness (QED) is 0.528. The zero-order valence-electron chi connectivity index (χ0n) is 16.5. The Hall–Kier alpha value is -3.72. The van der Waals surface area contributed by atoms with Gasteiger partial charge in [-0.05, 0) is 48.4 Å². The molecule has 8 nitrogen and oxygen atoms in total. The number of rotatable bonds is 3. The van der Waals surface area contributed by atoms with Crippen molar-refractivity contribution in [2.45, 2.75) is 25.4 Å². The maximum absolute atomic E-state index is 13.5. The summed E-state index contributed by atoms with van der Waals surface area (Å²) in [6.45, 7) is 0.191. The molecule has 10 heteroatoms. The number of hydrogen-bond acceptors (Lipinski definition) is 4. The molecule has 3 N–H and O–H groups in total. The second-order valence-corrected chi connectivity index (χ2v) is 8.11. The minimum Gasteiger partial charge on any atom is -0.349 e. The van der Waals surface area contributed by atoms with Crippen LogP contribution < -0.4 is 10.6 Å². The van der Waals surface area contributed by atoms with Crippen molar-refractivity contribution < 1.29 is 23.6 Å². The Balaban J connectivity index is 1.36. The molecule has 32 heavy (non-hydrogen) atoms. The van der Waals surface area contributed by atoms with Crippen molar-refractivity contribution in [3.8, 4) is 0 Å². The number of aromatic amines is 1. The Morgan fingerprint density at radius 3 is 2.75 bits per heavy atom. The van der Waals surface area contributed by atoms with Gasteiger partial charge in [0.05, 0.1) is 5.02 Å². The molecule has 0 saturated carbocycles. The highest BCUT2D eigenvalue weighted by Gasteiger charge is 2.39. The van der Waals surface area contributed by atoms with Gasteiger partial charge in [-0.1, -0.05) is 11.6 Å². The molecule has 3 heterocycles. The van der Waals surface area contributed by atoms with Crippen molar-refractivity contribution in [1.29, 1.82) is 0 Å². The highest BCUT2D eigenvalue weighted by atomic mass is 35.5. The predicted octanol–water partition coefficient (Wildman–Crippen LogP) is 2.97. The summed E-state index contributed by atoms with van der Waals surface area (Å²) in [5.41, 5.74) is 2.15. The number of nitrogens with zero attached hydrogens (tertiary/aromatic N) is 1. The standard InChI is InChI=1S/C22H16ClFN4O4/c23-18-14-8-11(24)1-4-15(14)26-19(18)21(31)25-12-2-3-13-10(7-12)9-28(22(13)32)16-5-6-17(29)27-20(16)30/h1-4,7-8,16,26H,5-6,9H2,(H,25,31)(H,27,29,30). The molecule has 0 radical (unpaired) electrons. The first-order valence-electron chi connectivity index (χ1n) is 9.87. The molecule has 162 valence electrons. The molecule has 1 atom stereocenters. The summed E-state index contributed by atoms with van der Waals surface area (Å²) < 4.78 is 13.5. The summed E-state index contributed by atoms with van der Waals surface area (Å²) in [6.07, 6.45) is 0.445. The minimum atomic E-state index is -0.712. The van der Waals surface area contributed by atoms with Crippen LogP contribution in [0.4, 0.5) is 10.1 Å². The van der Waals surface area contributed by atoms with Crippen LogP contribution in [0.2, 0.25) is 5.02 Å². The van der Waals surface area contributed by atoms with Crippen LogP contribution in [0.25, 0.3) is 10.9 Å². The van der Waals surface area contributed by atoms with Crippen molar-refractivity contribution in [2.75, 3.05) is 5.32 Å². The average Bonchev–Trinajstić information content (AvgIpc) is 3.25. The fourth-order valence-electron chi connectivity index (χ4n) is 4.13. The molecular weight excluding hydrogens is 439 g/mol. The monoisotopic (exact) mass is 454 g/mol. The van der Waals surface area contributed by atoms with Crippen molar-refractivity contribution in [3.05, 3.63) is 64.1 Å². The second-order valence-electron chi connectivity index (χ2n) is 7.73. The highest BCUT2D eigenvalue weighted by Crippen LogP contribution is 2.31. The number of amides is 4. The van der Waals surface area contributed by atoms with Gasteiger partial charge in [-0.25, -0.2) is 4.39 Å². The number of halogens is 2. The molecule has 1 saturated heterocycles. The number of benzene rings is 2. The van der Waals surface area contributed by atoms with Gasteiger partial charge in [-0.15, -0.1) is 0 Å². The van der Waals surface area contributed by atoms with E-state index in [4.69, 9.17) is 11.6 Å². The van der Waals surface area contributed by atoms with Crippen LogP contribution in [0.5, 0.6) is 0 Å². The van der Waals surface area contributed by atoms with Crippen molar-refractivity contribution in [1.82, 2.24) is 15.2 Å². The zero-order chi connectivity index (χ0) is 22.6. The van der Waals surface area contributed by atoms with E-state index in [1.807, 2.05) is 0 Å². The predicted molar refractivity (Wildman–Crippen MR) is 114 cm³/mol. The summed E-state index contributed by atoms with van der Waals surface area (Å²) in [6, 6.07) is 8.12. The fourth-order valence-corrected chi connectivity index (χ4v) is 4.42. The number of aromatic nitrogens is 1. The molecule has 3 aromatic rings. The molecule has 0 aliphatic carbocycles. The van der Waals surface area contributed by atoms with Gasteiger partial charge in [0.25, 0.3) is 11.8 Å². The van der Waals surface area contributed by atoms with Crippen molar-refractivity contribution >= 4 is 51.8 Å². The Kier molecular flexibility index (Phi) is 4.70. The summed E-state index contributed by atoms with van der Waals surface area (Å²) in [4.78, 5) is 53.4. The molecule has 1 unspecified atom stereocenters. The van der Waals surface area contributed by atoms with Crippen LogP contribution in [0.15, 0.2) is 36.4 Å². The third-order valence-corrected chi connectivity index (χ3v) is 6.10. The molecule has 0 spiro atoms. The smallest absolute Gasteiger partial charge is 0.273 e. The van der Waals surface area contributed by atoms with Crippen LogP contribution >= 0.6 is 11.6 Å². The fraction of sp³-hybridized carbons (Fsp3) is 0.182. The van der Waals surface area contributed by atoms with Gasteiger partial charge >= 0.3 is 0 Å². The van der Waals surface area contributed by atoms with E-state index in [0.717, 1.165) is 0 Å². The van der Waals surface area contributed by atoms with Gasteiger partial charge < -0.3 is 15.2 Å². The van der Waals surface area contributed by atoms with Gasteiger partial charge in [0, 0.05) is 35.1 Å². The molecule has 2 aromatic carbocycles. The SMILES string of the molecule is O=C1CCC(N2Cc3cc(NC(=O)c4[nH]c5ccc(F)cc5c4Cl)ccc3C2=O)C(=O)N1. The van der Waals surface area contributed by atoms with Crippen LogP contribution in [-0.2, 0) is 16.1 Å². The van der Waals surface area contributed by atoms with Gasteiger partial charge in [0.15, 0.2) is 0 Å². The summed E-state index contributed by atoms with van der Waals surface area (Å²) in [5, 5.41) is 5.49. The maximum Gasteiger partial charge on any atom is 0.273 e. The summed E-state index contributed by atoms with van der Waals surface area (Å²) in [5.74, 6) is -2.11. The number of carbonyl (C=O) groups excluding carboxylic acids is 4. The lowest BCUT2D eigenvalue weighted by Gasteiger charge is -2.29. The zero-order valence-corrected chi connectivity index (χ0v) is 17.3. The number of nitrogens with one attached hydrogen (secondary N) is 3. The Bertz CT molecular complexity index is 1330. The molecular formula is C22H16ClFN4O4. The maximum atomic E-state index is 13.5. The topological polar surface area (TPSA) is 111 Å². The van der Waals surface area contributed by atoms with E-state index in [2.05, 4.69) is 15.6 Å². The Labute approximate surface area is 185 Å². The lowest BCUT2D eigenvalue weighted by atomic mass is 10.0. The molecule has 5 rings (SSSR count). The summed E-state index contributed by atoms with van der Waals surface area (Å²) in [7, 11) is 0. The summed E-state index contributed by atoms with van der Waals surface area (Å²) >= 11 is 6.26. The van der Waals surface area contributed by atoms with E-state index < -0.39 is 23.7 Å². The molecule has 1 aromatic heterocycles. The van der Waals surface area contributed by atoms with Crippen molar-refractivity contribution in [2.24, 2.45) is 0 Å². The largest absolute Gasteiger partial charge is 0.349 e. The number of fused-ring (bicyclic) bond motifs is 2. The van der Waals surface area contributed by atoms with Crippen LogP contribution in [0, 0.1) is 5.82 Å². The molecule has 0 bridgehead atoms. The van der Waals surface area contributed by atoms with Crippen LogP contribution in [0.1, 0.15) is 39.3 Å².